The molecule has 2 aromatic heterocycles. The second kappa shape index (κ2) is 8.88. The third-order valence-electron chi connectivity index (χ3n) is 5.79. The van der Waals surface area contributed by atoms with Gasteiger partial charge in [-0.2, -0.15) is 0 Å². The van der Waals surface area contributed by atoms with Crippen LogP contribution < -0.4 is 5.56 Å². The lowest BCUT2D eigenvalue weighted by Crippen LogP contribution is -2.31. The minimum atomic E-state index is -0.162. The first-order valence-electron chi connectivity index (χ1n) is 10.7. The summed E-state index contributed by atoms with van der Waals surface area (Å²) in [5, 5.41) is 1.23. The number of aryl methyl sites for hydroxylation is 2. The van der Waals surface area contributed by atoms with Gasteiger partial charge in [-0.25, -0.2) is 4.98 Å². The van der Waals surface area contributed by atoms with Crippen molar-refractivity contribution in [2.45, 2.75) is 38.8 Å². The van der Waals surface area contributed by atoms with Gasteiger partial charge in [0.15, 0.2) is 0 Å². The zero-order chi connectivity index (χ0) is 22.1. The van der Waals surface area contributed by atoms with Gasteiger partial charge in [-0.1, -0.05) is 48.0 Å². The number of H-pyrrole nitrogens is 1. The van der Waals surface area contributed by atoms with Gasteiger partial charge < -0.3 is 9.88 Å². The van der Waals surface area contributed by atoms with E-state index in [1.54, 1.807) is 40.5 Å². The molecular weight excluding hydrogens is 442 g/mol. The van der Waals surface area contributed by atoms with Crippen LogP contribution in [0.5, 0.6) is 0 Å². The van der Waals surface area contributed by atoms with E-state index in [1.807, 2.05) is 30.3 Å². The number of aromatic amines is 1. The van der Waals surface area contributed by atoms with Crippen molar-refractivity contribution in [1.82, 2.24) is 14.9 Å². The second-order valence-electron chi connectivity index (χ2n) is 8.06. The predicted octanol–water partition coefficient (Wildman–Crippen LogP) is 5.36. The summed E-state index contributed by atoms with van der Waals surface area (Å²) in [5.74, 6) is 0.331. The van der Waals surface area contributed by atoms with Crippen molar-refractivity contribution in [3.05, 3.63) is 97.4 Å². The van der Waals surface area contributed by atoms with Crippen LogP contribution in [0, 0.1) is 0 Å². The first-order chi connectivity index (χ1) is 15.6. The number of halogens is 1. The van der Waals surface area contributed by atoms with E-state index in [9.17, 15) is 9.59 Å². The number of carbonyl (C=O) groups is 1. The molecule has 4 aromatic rings. The SMILES string of the molecule is O=C(c1cccc(Cl)c1)N(Cc1ccccc1)Cc1nc2sc3c(c2c(=O)[nH]1)CCCC3. The molecule has 1 aliphatic rings. The van der Waals surface area contributed by atoms with Crippen molar-refractivity contribution in [1.29, 1.82) is 0 Å². The minimum Gasteiger partial charge on any atom is -0.327 e. The average molecular weight is 464 g/mol. The monoisotopic (exact) mass is 463 g/mol. The fourth-order valence-corrected chi connectivity index (χ4v) is 5.74. The lowest BCUT2D eigenvalue weighted by atomic mass is 9.97. The molecule has 0 aliphatic heterocycles. The highest BCUT2D eigenvalue weighted by Crippen LogP contribution is 2.33. The van der Waals surface area contributed by atoms with E-state index >= 15 is 0 Å². The van der Waals surface area contributed by atoms with Crippen molar-refractivity contribution >= 4 is 39.1 Å². The van der Waals surface area contributed by atoms with Crippen LogP contribution in [0.2, 0.25) is 5.02 Å². The molecule has 0 bridgehead atoms. The summed E-state index contributed by atoms with van der Waals surface area (Å²) in [4.78, 5) is 37.7. The summed E-state index contributed by atoms with van der Waals surface area (Å²) < 4.78 is 0. The molecule has 1 aliphatic carbocycles. The maximum Gasteiger partial charge on any atom is 0.259 e. The van der Waals surface area contributed by atoms with Gasteiger partial charge in [0.25, 0.3) is 11.5 Å². The highest BCUT2D eigenvalue weighted by atomic mass is 35.5. The molecular formula is C25H22ClN3O2S. The summed E-state index contributed by atoms with van der Waals surface area (Å²) >= 11 is 7.73. The number of hydrogen-bond acceptors (Lipinski definition) is 4. The Morgan fingerprint density at radius 3 is 2.69 bits per heavy atom. The fraction of sp³-hybridized carbons (Fsp3) is 0.240. The molecule has 5 nitrogen and oxygen atoms in total. The van der Waals surface area contributed by atoms with Crippen LogP contribution in [0.15, 0.2) is 59.4 Å². The van der Waals surface area contributed by atoms with E-state index in [4.69, 9.17) is 16.6 Å². The Kier molecular flexibility index (Phi) is 5.81. The molecule has 7 heteroatoms. The molecule has 0 saturated carbocycles. The number of benzene rings is 2. The van der Waals surface area contributed by atoms with Crippen LogP contribution >= 0.6 is 22.9 Å². The number of thiophene rings is 1. The summed E-state index contributed by atoms with van der Waals surface area (Å²) in [6.07, 6.45) is 4.22. The molecule has 32 heavy (non-hydrogen) atoms. The average Bonchev–Trinajstić information content (AvgIpc) is 3.18. The Labute approximate surface area is 194 Å². The van der Waals surface area contributed by atoms with Gasteiger partial charge in [0, 0.05) is 22.0 Å². The predicted molar refractivity (Wildman–Crippen MR) is 128 cm³/mol. The Morgan fingerprint density at radius 1 is 1.06 bits per heavy atom. The zero-order valence-electron chi connectivity index (χ0n) is 17.4. The molecule has 162 valence electrons. The summed E-state index contributed by atoms with van der Waals surface area (Å²) in [5.41, 5.74) is 2.55. The van der Waals surface area contributed by atoms with E-state index in [1.165, 1.54) is 4.88 Å². The zero-order valence-corrected chi connectivity index (χ0v) is 19.0. The second-order valence-corrected chi connectivity index (χ2v) is 9.58. The van der Waals surface area contributed by atoms with Gasteiger partial charge in [0.2, 0.25) is 0 Å². The fourth-order valence-electron chi connectivity index (χ4n) is 4.27. The van der Waals surface area contributed by atoms with Crippen LogP contribution in [0.3, 0.4) is 0 Å². The smallest absolute Gasteiger partial charge is 0.259 e. The molecule has 1 N–H and O–H groups in total. The van der Waals surface area contributed by atoms with Gasteiger partial charge in [-0.15, -0.1) is 11.3 Å². The number of hydrogen-bond donors (Lipinski definition) is 1. The van der Waals surface area contributed by atoms with Gasteiger partial charge in [-0.3, -0.25) is 9.59 Å². The first kappa shape index (κ1) is 20.9. The molecule has 0 atom stereocenters. The van der Waals surface area contributed by atoms with E-state index < -0.39 is 0 Å². The topological polar surface area (TPSA) is 66.1 Å². The van der Waals surface area contributed by atoms with E-state index in [-0.39, 0.29) is 18.0 Å². The van der Waals surface area contributed by atoms with Crippen LogP contribution in [0.1, 0.15) is 45.0 Å². The van der Waals surface area contributed by atoms with E-state index in [2.05, 4.69) is 4.98 Å². The molecule has 0 fully saturated rings. The molecule has 0 spiro atoms. The number of nitrogens with one attached hydrogen (secondary N) is 1. The lowest BCUT2D eigenvalue weighted by Gasteiger charge is -2.22. The van der Waals surface area contributed by atoms with E-state index in [0.717, 1.165) is 47.0 Å². The molecule has 0 unspecified atom stereocenters. The van der Waals surface area contributed by atoms with Gasteiger partial charge in [-0.05, 0) is 55.0 Å². The molecule has 2 heterocycles. The van der Waals surface area contributed by atoms with Crippen molar-refractivity contribution in [2.24, 2.45) is 0 Å². The largest absolute Gasteiger partial charge is 0.327 e. The van der Waals surface area contributed by atoms with Gasteiger partial charge >= 0.3 is 0 Å². The molecule has 5 rings (SSSR count). The Balaban J connectivity index is 1.51. The first-order valence-corrected chi connectivity index (χ1v) is 11.9. The maximum absolute atomic E-state index is 13.4. The number of nitrogens with zero attached hydrogens (tertiary/aromatic N) is 2. The van der Waals surface area contributed by atoms with Crippen LogP contribution in [0.4, 0.5) is 0 Å². The number of amides is 1. The normalized spacial score (nSPS) is 13.2. The van der Waals surface area contributed by atoms with Crippen LogP contribution in [-0.2, 0) is 25.9 Å². The Bertz CT molecular complexity index is 1350. The number of fused-ring (bicyclic) bond motifs is 3. The number of aromatic nitrogens is 2. The van der Waals surface area contributed by atoms with Crippen molar-refractivity contribution in [3.63, 3.8) is 0 Å². The maximum atomic E-state index is 13.4. The number of rotatable bonds is 5. The summed E-state index contributed by atoms with van der Waals surface area (Å²) in [7, 11) is 0. The third-order valence-corrected chi connectivity index (χ3v) is 7.21. The van der Waals surface area contributed by atoms with Crippen molar-refractivity contribution in [3.8, 4) is 0 Å². The molecule has 2 aromatic carbocycles. The van der Waals surface area contributed by atoms with Crippen molar-refractivity contribution < 1.29 is 4.79 Å². The highest BCUT2D eigenvalue weighted by Gasteiger charge is 2.22. The molecule has 1 amide bonds. The van der Waals surface area contributed by atoms with Crippen LogP contribution in [-0.4, -0.2) is 20.8 Å². The standard InChI is InChI=1S/C25H22ClN3O2S/c26-18-10-6-9-17(13-18)25(31)29(14-16-7-2-1-3-8-16)15-21-27-23(30)22-19-11-4-5-12-20(19)32-24(22)28-21/h1-3,6-10,13H,4-5,11-12,14-15H2,(H,27,28,30). The summed E-state index contributed by atoms with van der Waals surface area (Å²) in [6.45, 7) is 0.600. The lowest BCUT2D eigenvalue weighted by molar-refractivity contribution is 0.0725. The molecule has 0 saturated heterocycles. The molecule has 0 radical (unpaired) electrons. The minimum absolute atomic E-state index is 0.112. The Hall–Kier alpha value is -2.96. The number of carbonyl (C=O) groups excluding carboxylic acids is 1. The highest BCUT2D eigenvalue weighted by molar-refractivity contribution is 7.18. The quantitative estimate of drug-likeness (QED) is 0.433. The van der Waals surface area contributed by atoms with Crippen molar-refractivity contribution in [2.75, 3.05) is 0 Å². The summed E-state index contributed by atoms with van der Waals surface area (Å²) in [6, 6.07) is 16.7. The van der Waals surface area contributed by atoms with Crippen LogP contribution in [0.25, 0.3) is 10.2 Å². The van der Waals surface area contributed by atoms with Gasteiger partial charge in [0.1, 0.15) is 10.7 Å². The third kappa shape index (κ3) is 4.20. The van der Waals surface area contributed by atoms with E-state index in [0.29, 0.717) is 23.0 Å². The Morgan fingerprint density at radius 2 is 1.88 bits per heavy atom. The van der Waals surface area contributed by atoms with Gasteiger partial charge in [0.05, 0.1) is 11.9 Å².